The largest absolute Gasteiger partial charge is 0.382 e. The standard InChI is InChI=1S/C22H26ClF2N5O/c1-13-3-8-17(23)11-18(13)28-21(31)19(16-9-10-22(24,25)12-16)14-4-6-15(7-5-14)20(26)29-30(2)27/h3-8,11,16,19H,9-10,12,27H2,1-2H3,(H2,26,29)(H,28,31). The van der Waals surface area contributed by atoms with Crippen LogP contribution in [0.15, 0.2) is 47.6 Å². The Morgan fingerprint density at radius 3 is 2.55 bits per heavy atom. The fourth-order valence-corrected chi connectivity index (χ4v) is 4.11. The molecule has 1 fully saturated rings. The molecule has 2 unspecified atom stereocenters. The molecule has 0 aliphatic heterocycles. The number of hydrogen-bond acceptors (Lipinski definition) is 4. The zero-order valence-electron chi connectivity index (χ0n) is 17.4. The van der Waals surface area contributed by atoms with Gasteiger partial charge in [-0.3, -0.25) is 4.79 Å². The summed E-state index contributed by atoms with van der Waals surface area (Å²) in [5.74, 6) is 1.36. The van der Waals surface area contributed by atoms with E-state index in [1.54, 1.807) is 49.5 Å². The molecule has 2 aromatic rings. The highest BCUT2D eigenvalue weighted by Crippen LogP contribution is 2.46. The summed E-state index contributed by atoms with van der Waals surface area (Å²) in [6.45, 7) is 1.84. The van der Waals surface area contributed by atoms with E-state index in [9.17, 15) is 13.6 Å². The molecule has 0 heterocycles. The number of carbonyl (C=O) groups is 1. The van der Waals surface area contributed by atoms with Gasteiger partial charge in [0.1, 0.15) is 0 Å². The first-order valence-electron chi connectivity index (χ1n) is 9.93. The average molecular weight is 450 g/mol. The molecule has 0 aromatic heterocycles. The maximum atomic E-state index is 14.0. The number of rotatable bonds is 6. The van der Waals surface area contributed by atoms with E-state index in [1.807, 2.05) is 6.92 Å². The van der Waals surface area contributed by atoms with Gasteiger partial charge in [-0.2, -0.15) is 0 Å². The molecule has 31 heavy (non-hydrogen) atoms. The van der Waals surface area contributed by atoms with Crippen LogP contribution >= 0.6 is 11.6 Å². The van der Waals surface area contributed by atoms with Gasteiger partial charge in [-0.05, 0) is 42.5 Å². The van der Waals surface area contributed by atoms with Crippen molar-refractivity contribution in [3.05, 3.63) is 64.2 Å². The van der Waals surface area contributed by atoms with Crippen molar-refractivity contribution in [1.29, 1.82) is 0 Å². The predicted octanol–water partition coefficient (Wildman–Crippen LogP) is 4.23. The summed E-state index contributed by atoms with van der Waals surface area (Å²) in [7, 11) is 1.54. The van der Waals surface area contributed by atoms with Gasteiger partial charge in [0.2, 0.25) is 11.8 Å². The minimum Gasteiger partial charge on any atom is -0.382 e. The molecule has 9 heteroatoms. The number of alkyl halides is 2. The summed E-state index contributed by atoms with van der Waals surface area (Å²) in [6, 6.07) is 12.0. The quantitative estimate of drug-likeness (QED) is 0.266. The number of carbonyl (C=O) groups excluding carboxylic acids is 1. The zero-order chi connectivity index (χ0) is 22.8. The molecule has 166 valence electrons. The van der Waals surface area contributed by atoms with Crippen LogP contribution < -0.4 is 16.9 Å². The molecule has 2 atom stereocenters. The van der Waals surface area contributed by atoms with Gasteiger partial charge in [-0.1, -0.05) is 41.9 Å². The first-order chi connectivity index (χ1) is 14.6. The van der Waals surface area contributed by atoms with Gasteiger partial charge < -0.3 is 11.1 Å². The summed E-state index contributed by atoms with van der Waals surface area (Å²) in [6.07, 6.45) is -0.288. The molecule has 1 saturated carbocycles. The van der Waals surface area contributed by atoms with E-state index in [4.69, 9.17) is 23.2 Å². The molecule has 3 rings (SSSR count). The number of nitrogens with two attached hydrogens (primary N) is 2. The van der Waals surface area contributed by atoms with Crippen molar-refractivity contribution in [2.24, 2.45) is 22.6 Å². The Bertz CT molecular complexity index is 978. The van der Waals surface area contributed by atoms with E-state index >= 15 is 0 Å². The lowest BCUT2D eigenvalue weighted by Crippen LogP contribution is -2.28. The average Bonchev–Trinajstić information content (AvgIpc) is 3.04. The highest BCUT2D eigenvalue weighted by Gasteiger charge is 2.45. The molecule has 0 saturated heterocycles. The lowest BCUT2D eigenvalue weighted by molar-refractivity contribution is -0.118. The molecular formula is C22H26ClF2N5O. The van der Waals surface area contributed by atoms with Gasteiger partial charge >= 0.3 is 0 Å². The van der Waals surface area contributed by atoms with Crippen LogP contribution in [-0.4, -0.2) is 29.8 Å². The molecule has 1 amide bonds. The third-order valence-corrected chi connectivity index (χ3v) is 5.72. The molecule has 1 aliphatic carbocycles. The summed E-state index contributed by atoms with van der Waals surface area (Å²) in [4.78, 5) is 13.3. The van der Waals surface area contributed by atoms with Crippen LogP contribution in [0.25, 0.3) is 0 Å². The predicted molar refractivity (Wildman–Crippen MR) is 119 cm³/mol. The summed E-state index contributed by atoms with van der Waals surface area (Å²) >= 11 is 6.06. The lowest BCUT2D eigenvalue weighted by Gasteiger charge is -2.24. The van der Waals surface area contributed by atoms with Crippen LogP contribution in [0.5, 0.6) is 0 Å². The van der Waals surface area contributed by atoms with Crippen LogP contribution in [0.3, 0.4) is 0 Å². The number of amidine groups is 1. The molecule has 0 bridgehead atoms. The summed E-state index contributed by atoms with van der Waals surface area (Å²) in [5.41, 5.74) is 8.55. The Morgan fingerprint density at radius 1 is 1.29 bits per heavy atom. The topological polar surface area (TPSA) is 96.7 Å². The molecule has 0 spiro atoms. The Balaban J connectivity index is 1.91. The van der Waals surface area contributed by atoms with E-state index in [0.717, 1.165) is 10.7 Å². The van der Waals surface area contributed by atoms with E-state index in [2.05, 4.69) is 10.4 Å². The first-order valence-corrected chi connectivity index (χ1v) is 10.3. The van der Waals surface area contributed by atoms with Crippen molar-refractivity contribution < 1.29 is 13.6 Å². The van der Waals surface area contributed by atoms with Crippen LogP contribution in [0.4, 0.5) is 14.5 Å². The second-order valence-corrected chi connectivity index (χ2v) is 8.40. The number of aryl methyl sites for hydroxylation is 1. The van der Waals surface area contributed by atoms with Crippen molar-refractivity contribution in [2.75, 3.05) is 12.4 Å². The second kappa shape index (κ2) is 9.20. The molecular weight excluding hydrogens is 424 g/mol. The monoisotopic (exact) mass is 449 g/mol. The van der Waals surface area contributed by atoms with Crippen molar-refractivity contribution in [1.82, 2.24) is 5.12 Å². The Kier molecular flexibility index (Phi) is 6.81. The highest BCUT2D eigenvalue weighted by atomic mass is 35.5. The van der Waals surface area contributed by atoms with Crippen LogP contribution in [-0.2, 0) is 4.79 Å². The maximum absolute atomic E-state index is 14.0. The Hall–Kier alpha value is -2.71. The fourth-order valence-electron chi connectivity index (χ4n) is 3.93. The molecule has 1 aliphatic rings. The van der Waals surface area contributed by atoms with Gasteiger partial charge in [0.15, 0.2) is 5.84 Å². The number of hydrogen-bond donors (Lipinski definition) is 3. The van der Waals surface area contributed by atoms with Crippen molar-refractivity contribution in [2.45, 2.75) is 38.0 Å². The maximum Gasteiger partial charge on any atom is 0.248 e. The minimum absolute atomic E-state index is 0.208. The van der Waals surface area contributed by atoms with E-state index in [0.29, 0.717) is 21.8 Å². The summed E-state index contributed by atoms with van der Waals surface area (Å²) < 4.78 is 27.9. The number of halogens is 3. The third kappa shape index (κ3) is 5.71. The van der Waals surface area contributed by atoms with Crippen molar-refractivity contribution >= 4 is 29.0 Å². The number of hydrazine groups is 1. The van der Waals surface area contributed by atoms with Crippen molar-refractivity contribution in [3.8, 4) is 0 Å². The SMILES string of the molecule is Cc1ccc(Cl)cc1NC(=O)C(c1ccc(/C(N)=N/N(C)N)cc1)C1CCC(F)(F)C1. The molecule has 2 aromatic carbocycles. The number of nitrogens with one attached hydrogen (secondary N) is 1. The number of nitrogens with zero attached hydrogens (tertiary/aromatic N) is 2. The Labute approximate surface area is 185 Å². The number of amides is 1. The lowest BCUT2D eigenvalue weighted by atomic mass is 9.83. The van der Waals surface area contributed by atoms with Crippen LogP contribution in [0, 0.1) is 12.8 Å². The van der Waals surface area contributed by atoms with Gasteiger partial charge in [-0.15, -0.1) is 5.10 Å². The molecule has 5 N–H and O–H groups in total. The van der Waals surface area contributed by atoms with E-state index in [-0.39, 0.29) is 31.0 Å². The van der Waals surface area contributed by atoms with E-state index < -0.39 is 17.8 Å². The van der Waals surface area contributed by atoms with Gasteiger partial charge in [0, 0.05) is 36.2 Å². The van der Waals surface area contributed by atoms with Gasteiger partial charge in [-0.25, -0.2) is 19.7 Å². The third-order valence-electron chi connectivity index (χ3n) is 5.48. The normalized spacial score (nSPS) is 19.2. The number of anilines is 1. The summed E-state index contributed by atoms with van der Waals surface area (Å²) in [5, 5.41) is 8.39. The smallest absolute Gasteiger partial charge is 0.248 e. The second-order valence-electron chi connectivity index (χ2n) is 7.97. The zero-order valence-corrected chi connectivity index (χ0v) is 18.2. The van der Waals surface area contributed by atoms with E-state index in [1.165, 1.54) is 0 Å². The van der Waals surface area contributed by atoms with Crippen LogP contribution in [0.1, 0.15) is 41.9 Å². The Morgan fingerprint density at radius 2 is 1.97 bits per heavy atom. The highest BCUT2D eigenvalue weighted by molar-refractivity contribution is 6.31. The number of benzene rings is 2. The fraction of sp³-hybridized carbons (Fsp3) is 0.364. The number of hydrazone groups is 1. The molecule has 0 radical (unpaired) electrons. The minimum atomic E-state index is -2.77. The first kappa shape index (κ1) is 23.0. The van der Waals surface area contributed by atoms with Crippen molar-refractivity contribution in [3.63, 3.8) is 0 Å². The van der Waals surface area contributed by atoms with Crippen LogP contribution in [0.2, 0.25) is 5.02 Å². The van der Waals surface area contributed by atoms with Gasteiger partial charge in [0.25, 0.3) is 0 Å². The van der Waals surface area contributed by atoms with Gasteiger partial charge in [0.05, 0.1) is 5.92 Å². The molecule has 6 nitrogen and oxygen atoms in total.